The lowest BCUT2D eigenvalue weighted by molar-refractivity contribution is -0.147. The summed E-state index contributed by atoms with van der Waals surface area (Å²) in [6.45, 7) is 4.38. The zero-order valence-electron chi connectivity index (χ0n) is 19.3. The van der Waals surface area contributed by atoms with Gasteiger partial charge in [-0.1, -0.05) is 12.1 Å². The maximum atomic E-state index is 13.0. The molecule has 0 unspecified atom stereocenters. The maximum absolute atomic E-state index is 13.0. The predicted molar refractivity (Wildman–Crippen MR) is 125 cm³/mol. The molecule has 0 fully saturated rings. The van der Waals surface area contributed by atoms with E-state index in [0.29, 0.717) is 24.5 Å². The van der Waals surface area contributed by atoms with Crippen LogP contribution in [0.15, 0.2) is 30.3 Å². The van der Waals surface area contributed by atoms with E-state index in [2.05, 4.69) is 0 Å². The van der Waals surface area contributed by atoms with Crippen molar-refractivity contribution in [3.05, 3.63) is 58.4 Å². The summed E-state index contributed by atoms with van der Waals surface area (Å²) < 4.78 is 12.4. The molecule has 0 spiro atoms. The number of fused-ring (bicyclic) bond motifs is 1. The molecule has 0 bridgehead atoms. The molecule has 2 aromatic rings. The number of ketones is 1. The van der Waals surface area contributed by atoms with Crippen LogP contribution in [0, 0.1) is 13.8 Å². The Morgan fingerprint density at radius 2 is 1.73 bits per heavy atom. The highest BCUT2D eigenvalue weighted by Crippen LogP contribution is 2.27. The van der Waals surface area contributed by atoms with Crippen LogP contribution in [0.3, 0.4) is 0 Å². The number of thioether (sulfide) groups is 1. The third kappa shape index (κ3) is 5.04. The smallest absolute Gasteiger partial charge is 0.329 e. The first-order valence-electron chi connectivity index (χ1n) is 10.6. The Morgan fingerprint density at radius 1 is 1.09 bits per heavy atom. The first-order valence-corrected chi connectivity index (χ1v) is 12.0. The minimum atomic E-state index is -1.09. The summed E-state index contributed by atoms with van der Waals surface area (Å²) in [4.78, 5) is 52.4. The molecule has 0 N–H and O–H groups in total. The third-order valence-corrected chi connectivity index (χ3v) is 6.39. The van der Waals surface area contributed by atoms with E-state index in [1.165, 1.54) is 11.8 Å². The molecular weight excluding hydrogens is 444 g/mol. The highest BCUT2D eigenvalue weighted by molar-refractivity contribution is 7.98. The molecule has 2 heterocycles. The number of Topliss-reactive ketones (excluding diaryl/α,β-unsaturated/α-hetero) is 1. The number of carbonyl (C=O) groups excluding carboxylic acids is 4. The van der Waals surface area contributed by atoms with Crippen molar-refractivity contribution in [3.8, 4) is 0 Å². The summed E-state index contributed by atoms with van der Waals surface area (Å²) >= 11 is 1.49. The molecule has 9 heteroatoms. The van der Waals surface area contributed by atoms with E-state index in [1.807, 2.05) is 24.7 Å². The summed E-state index contributed by atoms with van der Waals surface area (Å²) in [6.07, 6.45) is 2.11. The Hall–Kier alpha value is -2.91. The molecule has 0 saturated carbocycles. The fourth-order valence-corrected chi connectivity index (χ4v) is 4.45. The van der Waals surface area contributed by atoms with E-state index in [4.69, 9.17) is 9.47 Å². The molecule has 1 aliphatic heterocycles. The number of benzene rings is 1. The number of hydrogen-bond acceptors (Lipinski definition) is 7. The molecule has 33 heavy (non-hydrogen) atoms. The summed E-state index contributed by atoms with van der Waals surface area (Å²) in [6, 6.07) is 7.14. The number of hydrogen-bond donors (Lipinski definition) is 0. The highest BCUT2D eigenvalue weighted by Gasteiger charge is 2.43. The van der Waals surface area contributed by atoms with Gasteiger partial charge in [-0.25, -0.2) is 4.79 Å². The molecule has 1 aromatic heterocycles. The Bertz CT molecular complexity index is 1040. The summed E-state index contributed by atoms with van der Waals surface area (Å²) in [5.74, 6) is -1.61. The molecule has 0 saturated heterocycles. The Morgan fingerprint density at radius 3 is 2.30 bits per heavy atom. The van der Waals surface area contributed by atoms with Crippen molar-refractivity contribution in [2.75, 3.05) is 32.3 Å². The van der Waals surface area contributed by atoms with Crippen LogP contribution in [0.2, 0.25) is 0 Å². The number of aryl methyl sites for hydroxylation is 1. The van der Waals surface area contributed by atoms with Crippen molar-refractivity contribution < 1.29 is 28.7 Å². The first-order chi connectivity index (χ1) is 15.8. The molecule has 3 rings (SSSR count). The number of ether oxygens (including phenoxy) is 2. The number of esters is 1. The zero-order chi connectivity index (χ0) is 24.1. The summed E-state index contributed by atoms with van der Waals surface area (Å²) in [5.41, 5.74) is 2.68. The second-order valence-corrected chi connectivity index (χ2v) is 8.77. The molecule has 0 aliphatic carbocycles. The monoisotopic (exact) mass is 472 g/mol. The van der Waals surface area contributed by atoms with Crippen molar-refractivity contribution in [1.82, 2.24) is 9.47 Å². The summed E-state index contributed by atoms with van der Waals surface area (Å²) in [5, 5.41) is 0. The first kappa shape index (κ1) is 24.7. The molecule has 0 radical (unpaired) electrons. The van der Waals surface area contributed by atoms with E-state index in [0.717, 1.165) is 16.3 Å². The average molecular weight is 473 g/mol. The van der Waals surface area contributed by atoms with Crippen LogP contribution in [0.4, 0.5) is 0 Å². The minimum absolute atomic E-state index is 0.241. The molecular formula is C24H28N2O6S. The predicted octanol–water partition coefficient (Wildman–Crippen LogP) is 2.90. The zero-order valence-corrected chi connectivity index (χ0v) is 20.1. The van der Waals surface area contributed by atoms with Gasteiger partial charge in [-0.15, -0.1) is 0 Å². The van der Waals surface area contributed by atoms with Crippen molar-refractivity contribution in [2.45, 2.75) is 32.9 Å². The molecule has 176 valence electrons. The molecule has 2 amide bonds. The van der Waals surface area contributed by atoms with E-state index in [9.17, 15) is 19.2 Å². The largest absolute Gasteiger partial charge is 0.456 e. The number of carbonyl (C=O) groups is 4. The molecule has 1 aliphatic rings. The van der Waals surface area contributed by atoms with E-state index in [-0.39, 0.29) is 23.3 Å². The maximum Gasteiger partial charge on any atom is 0.329 e. The molecule has 8 nitrogen and oxygen atoms in total. The standard InChI is InChI=1S/C24H28N2O6S/c1-15-13-19(16(2)25(15)10-11-31-3)21(27)14-32-24(30)20(9-12-33-4)26-22(28)17-7-5-6-8-18(17)23(26)29/h5-8,13,20H,9-12,14H2,1-4H3/t20-/m0/s1. The van der Waals surface area contributed by atoms with Crippen LogP contribution in [0.5, 0.6) is 0 Å². The van der Waals surface area contributed by atoms with Gasteiger partial charge < -0.3 is 14.0 Å². The van der Waals surface area contributed by atoms with Gasteiger partial charge in [0.15, 0.2) is 6.61 Å². The van der Waals surface area contributed by atoms with Gasteiger partial charge in [-0.3, -0.25) is 19.3 Å². The topological polar surface area (TPSA) is 94.9 Å². The fraction of sp³-hybridized carbons (Fsp3) is 0.417. The lowest BCUT2D eigenvalue weighted by Gasteiger charge is -2.24. The second-order valence-electron chi connectivity index (χ2n) is 7.78. The SMILES string of the molecule is COCCn1c(C)cc(C(=O)COC(=O)[C@H](CCSC)N2C(=O)c3ccccc3C2=O)c1C. The third-order valence-electron chi connectivity index (χ3n) is 5.74. The van der Waals surface area contributed by atoms with E-state index < -0.39 is 30.4 Å². The van der Waals surface area contributed by atoms with Gasteiger partial charge in [0, 0.05) is 30.6 Å². The van der Waals surface area contributed by atoms with Gasteiger partial charge in [-0.05, 0) is 50.5 Å². The van der Waals surface area contributed by atoms with Crippen molar-refractivity contribution in [3.63, 3.8) is 0 Å². The van der Waals surface area contributed by atoms with Crippen LogP contribution >= 0.6 is 11.8 Å². The van der Waals surface area contributed by atoms with E-state index >= 15 is 0 Å². The highest BCUT2D eigenvalue weighted by atomic mass is 32.2. The number of rotatable bonds is 11. The number of methoxy groups -OCH3 is 1. The van der Waals surface area contributed by atoms with Crippen LogP contribution in [-0.4, -0.2) is 71.4 Å². The minimum Gasteiger partial charge on any atom is -0.456 e. The van der Waals surface area contributed by atoms with Gasteiger partial charge in [0.1, 0.15) is 6.04 Å². The van der Waals surface area contributed by atoms with Crippen LogP contribution in [0.25, 0.3) is 0 Å². The Kier molecular flexibility index (Phi) is 8.10. The van der Waals surface area contributed by atoms with Crippen molar-refractivity contribution in [2.24, 2.45) is 0 Å². The fourth-order valence-electron chi connectivity index (χ4n) is 3.99. The lowest BCUT2D eigenvalue weighted by Crippen LogP contribution is -2.46. The van der Waals surface area contributed by atoms with Crippen LogP contribution < -0.4 is 0 Å². The second kappa shape index (κ2) is 10.8. The lowest BCUT2D eigenvalue weighted by atomic mass is 10.1. The number of amides is 2. The number of imide groups is 1. The molecule has 1 aromatic carbocycles. The Labute approximate surface area is 197 Å². The van der Waals surface area contributed by atoms with Crippen molar-refractivity contribution >= 4 is 35.3 Å². The van der Waals surface area contributed by atoms with Gasteiger partial charge >= 0.3 is 5.97 Å². The van der Waals surface area contributed by atoms with Crippen LogP contribution in [0.1, 0.15) is 48.9 Å². The van der Waals surface area contributed by atoms with Crippen molar-refractivity contribution in [1.29, 1.82) is 0 Å². The molecule has 1 atom stereocenters. The van der Waals surface area contributed by atoms with Gasteiger partial charge in [0.2, 0.25) is 5.78 Å². The van der Waals surface area contributed by atoms with Gasteiger partial charge in [-0.2, -0.15) is 11.8 Å². The normalized spacial score (nSPS) is 13.9. The van der Waals surface area contributed by atoms with E-state index in [1.54, 1.807) is 37.4 Å². The Balaban J connectivity index is 1.74. The van der Waals surface area contributed by atoms with Gasteiger partial charge in [0.05, 0.1) is 17.7 Å². The van der Waals surface area contributed by atoms with Gasteiger partial charge in [0.25, 0.3) is 11.8 Å². The quantitative estimate of drug-likeness (QED) is 0.282. The average Bonchev–Trinajstić information content (AvgIpc) is 3.24. The van der Waals surface area contributed by atoms with Crippen LogP contribution in [-0.2, 0) is 20.8 Å². The summed E-state index contributed by atoms with van der Waals surface area (Å²) in [7, 11) is 1.61. The number of nitrogens with zero attached hydrogens (tertiary/aromatic N) is 2. The number of aromatic nitrogens is 1.